The molecule has 0 bridgehead atoms. The number of nitrogens with zero attached hydrogens (tertiary/aromatic N) is 1. The molecule has 0 radical (unpaired) electrons. The highest BCUT2D eigenvalue weighted by molar-refractivity contribution is 7.22. The summed E-state index contributed by atoms with van der Waals surface area (Å²) in [7, 11) is 0. The topological polar surface area (TPSA) is 37.0 Å². The Balaban J connectivity index is 1.93. The Labute approximate surface area is 109 Å². The van der Waals surface area contributed by atoms with E-state index in [0.717, 1.165) is 40.7 Å². The van der Waals surface area contributed by atoms with Gasteiger partial charge in [-0.25, -0.2) is 4.98 Å². The minimum atomic E-state index is 0.506. The highest BCUT2D eigenvalue weighted by Crippen LogP contribution is 2.32. The smallest absolute Gasteiger partial charge is 0.184 e. The molecule has 0 amide bonds. The van der Waals surface area contributed by atoms with Crippen molar-refractivity contribution >= 4 is 38.3 Å². The third-order valence-corrected chi connectivity index (χ3v) is 4.50. The Bertz CT molecular complexity index is 546. The zero-order valence-corrected chi connectivity index (χ0v) is 11.2. The van der Waals surface area contributed by atoms with Crippen molar-refractivity contribution in [1.29, 1.82) is 0 Å². The van der Waals surface area contributed by atoms with E-state index in [1.807, 2.05) is 19.1 Å². The van der Waals surface area contributed by atoms with Gasteiger partial charge in [0, 0.05) is 17.6 Å². The molecule has 3 rings (SSSR count). The third kappa shape index (κ3) is 2.12. The van der Waals surface area contributed by atoms with Crippen LogP contribution in [0, 0.1) is 6.92 Å². The molecule has 2 N–H and O–H groups in total. The van der Waals surface area contributed by atoms with E-state index in [1.54, 1.807) is 11.3 Å². The largest absolute Gasteiger partial charge is 0.357 e. The van der Waals surface area contributed by atoms with Crippen LogP contribution in [0.1, 0.15) is 12.0 Å². The van der Waals surface area contributed by atoms with Crippen LogP contribution < -0.4 is 10.6 Å². The fraction of sp³-hybridized carbons (Fsp3) is 0.417. The van der Waals surface area contributed by atoms with Gasteiger partial charge in [0.15, 0.2) is 5.13 Å². The van der Waals surface area contributed by atoms with Crippen molar-refractivity contribution < 1.29 is 0 Å². The van der Waals surface area contributed by atoms with Gasteiger partial charge in [0.2, 0.25) is 0 Å². The van der Waals surface area contributed by atoms with Gasteiger partial charge in [-0.2, -0.15) is 0 Å². The van der Waals surface area contributed by atoms with E-state index in [-0.39, 0.29) is 0 Å². The van der Waals surface area contributed by atoms with E-state index in [4.69, 9.17) is 11.6 Å². The molecule has 2 heterocycles. The highest BCUT2D eigenvalue weighted by atomic mass is 35.5. The van der Waals surface area contributed by atoms with Crippen molar-refractivity contribution in [1.82, 2.24) is 10.3 Å². The molecule has 0 saturated carbocycles. The normalized spacial score (nSPS) is 20.0. The fourth-order valence-corrected chi connectivity index (χ4v) is 3.27. The maximum atomic E-state index is 6.10. The first kappa shape index (κ1) is 11.3. The molecular weight excluding hydrogens is 254 g/mol. The summed E-state index contributed by atoms with van der Waals surface area (Å²) in [5.74, 6) is 0. The van der Waals surface area contributed by atoms with Crippen molar-refractivity contribution in [2.75, 3.05) is 18.4 Å². The van der Waals surface area contributed by atoms with Crippen molar-refractivity contribution in [2.24, 2.45) is 0 Å². The molecule has 1 aromatic carbocycles. The van der Waals surface area contributed by atoms with Crippen molar-refractivity contribution in [3.63, 3.8) is 0 Å². The standard InChI is InChI=1S/C12H14ClN3S/c1-7-9(13)2-3-10-11(7)16-12(17-10)15-8-4-5-14-6-8/h2-3,8,14H,4-6H2,1H3,(H,15,16). The van der Waals surface area contributed by atoms with Crippen LogP contribution in [0.25, 0.3) is 10.2 Å². The lowest BCUT2D eigenvalue weighted by Gasteiger charge is -2.08. The zero-order chi connectivity index (χ0) is 11.8. The first-order chi connectivity index (χ1) is 8.24. The SMILES string of the molecule is Cc1c(Cl)ccc2sc(NC3CCNC3)nc12. The lowest BCUT2D eigenvalue weighted by atomic mass is 10.2. The Kier molecular flexibility index (Phi) is 2.94. The molecule has 1 saturated heterocycles. The molecule has 1 aliphatic heterocycles. The van der Waals surface area contributed by atoms with Gasteiger partial charge in [0.25, 0.3) is 0 Å². The number of rotatable bonds is 2. The summed E-state index contributed by atoms with van der Waals surface area (Å²) >= 11 is 7.80. The minimum absolute atomic E-state index is 0.506. The summed E-state index contributed by atoms with van der Waals surface area (Å²) in [6, 6.07) is 4.49. The Morgan fingerprint density at radius 1 is 1.53 bits per heavy atom. The van der Waals surface area contributed by atoms with Crippen LogP contribution in [0.2, 0.25) is 5.02 Å². The van der Waals surface area contributed by atoms with Crippen molar-refractivity contribution in [3.8, 4) is 0 Å². The van der Waals surface area contributed by atoms with Crippen LogP contribution in [0.3, 0.4) is 0 Å². The number of hydrogen-bond acceptors (Lipinski definition) is 4. The van der Waals surface area contributed by atoms with E-state index in [9.17, 15) is 0 Å². The van der Waals surface area contributed by atoms with E-state index in [1.165, 1.54) is 4.70 Å². The molecular formula is C12H14ClN3S. The summed E-state index contributed by atoms with van der Waals surface area (Å²) in [4.78, 5) is 4.63. The van der Waals surface area contributed by atoms with Gasteiger partial charge in [0.05, 0.1) is 10.2 Å². The molecule has 5 heteroatoms. The molecule has 1 fully saturated rings. The van der Waals surface area contributed by atoms with Gasteiger partial charge in [-0.05, 0) is 37.6 Å². The minimum Gasteiger partial charge on any atom is -0.357 e. The summed E-state index contributed by atoms with van der Waals surface area (Å²) in [6.07, 6.45) is 1.16. The van der Waals surface area contributed by atoms with Crippen molar-refractivity contribution in [3.05, 3.63) is 22.7 Å². The Morgan fingerprint density at radius 2 is 2.41 bits per heavy atom. The van der Waals surface area contributed by atoms with E-state index < -0.39 is 0 Å². The van der Waals surface area contributed by atoms with Gasteiger partial charge in [0.1, 0.15) is 0 Å². The van der Waals surface area contributed by atoms with Gasteiger partial charge in [-0.3, -0.25) is 0 Å². The number of halogens is 1. The summed E-state index contributed by atoms with van der Waals surface area (Å²) in [5.41, 5.74) is 2.09. The average molecular weight is 268 g/mol. The van der Waals surface area contributed by atoms with Crippen LogP contribution >= 0.6 is 22.9 Å². The summed E-state index contributed by atoms with van der Waals surface area (Å²) in [5, 5.41) is 8.61. The monoisotopic (exact) mass is 267 g/mol. The number of thiazole rings is 1. The van der Waals surface area contributed by atoms with Gasteiger partial charge in [-0.1, -0.05) is 22.9 Å². The van der Waals surface area contributed by atoms with Crippen molar-refractivity contribution in [2.45, 2.75) is 19.4 Å². The number of benzene rings is 1. The quantitative estimate of drug-likeness (QED) is 0.878. The molecule has 1 atom stereocenters. The van der Waals surface area contributed by atoms with Gasteiger partial charge in [-0.15, -0.1) is 0 Å². The lowest BCUT2D eigenvalue weighted by molar-refractivity contribution is 0.792. The second kappa shape index (κ2) is 4.44. The molecule has 0 spiro atoms. The lowest BCUT2D eigenvalue weighted by Crippen LogP contribution is -2.21. The molecule has 17 heavy (non-hydrogen) atoms. The maximum Gasteiger partial charge on any atom is 0.184 e. The Morgan fingerprint density at radius 3 is 3.18 bits per heavy atom. The van der Waals surface area contributed by atoms with E-state index >= 15 is 0 Å². The number of fused-ring (bicyclic) bond motifs is 1. The van der Waals surface area contributed by atoms with Crippen LogP contribution in [-0.4, -0.2) is 24.1 Å². The number of aryl methyl sites for hydroxylation is 1. The predicted molar refractivity (Wildman–Crippen MR) is 74.3 cm³/mol. The molecule has 1 unspecified atom stereocenters. The van der Waals surface area contributed by atoms with Crippen LogP contribution in [0.5, 0.6) is 0 Å². The second-order valence-electron chi connectivity index (χ2n) is 4.37. The average Bonchev–Trinajstić information content (AvgIpc) is 2.93. The number of nitrogens with one attached hydrogen (secondary N) is 2. The molecule has 2 aromatic rings. The predicted octanol–water partition coefficient (Wildman–Crippen LogP) is 3.03. The second-order valence-corrected chi connectivity index (χ2v) is 5.81. The summed E-state index contributed by atoms with van der Waals surface area (Å²) in [6.45, 7) is 4.13. The molecule has 1 aromatic heterocycles. The molecule has 3 nitrogen and oxygen atoms in total. The fourth-order valence-electron chi connectivity index (χ4n) is 2.11. The first-order valence-electron chi connectivity index (χ1n) is 5.77. The molecule has 0 aliphatic carbocycles. The third-order valence-electron chi connectivity index (χ3n) is 3.14. The first-order valence-corrected chi connectivity index (χ1v) is 6.96. The number of aromatic nitrogens is 1. The van der Waals surface area contributed by atoms with E-state index in [2.05, 4.69) is 15.6 Å². The van der Waals surface area contributed by atoms with Crippen LogP contribution in [0.4, 0.5) is 5.13 Å². The van der Waals surface area contributed by atoms with E-state index in [0.29, 0.717) is 6.04 Å². The maximum absolute atomic E-state index is 6.10. The highest BCUT2D eigenvalue weighted by Gasteiger charge is 2.16. The summed E-state index contributed by atoms with van der Waals surface area (Å²) < 4.78 is 1.19. The zero-order valence-electron chi connectivity index (χ0n) is 9.59. The van der Waals surface area contributed by atoms with Gasteiger partial charge >= 0.3 is 0 Å². The number of hydrogen-bond donors (Lipinski definition) is 2. The number of anilines is 1. The van der Waals surface area contributed by atoms with Crippen LogP contribution in [-0.2, 0) is 0 Å². The molecule has 1 aliphatic rings. The van der Waals surface area contributed by atoms with Gasteiger partial charge < -0.3 is 10.6 Å². The van der Waals surface area contributed by atoms with Crippen LogP contribution in [0.15, 0.2) is 12.1 Å². The molecule has 90 valence electrons. The Hall–Kier alpha value is -0.840.